The molecule has 178 valence electrons. The summed E-state index contributed by atoms with van der Waals surface area (Å²) >= 11 is 0. The van der Waals surface area contributed by atoms with Crippen LogP contribution in [0, 0.1) is 29.7 Å². The molecular formula is C30H25N3O3. The molecule has 0 aliphatic carbocycles. The molecule has 0 saturated carbocycles. The summed E-state index contributed by atoms with van der Waals surface area (Å²) in [6, 6.07) is 20.6. The van der Waals surface area contributed by atoms with E-state index in [1.165, 1.54) is 4.90 Å². The average molecular weight is 476 g/mol. The minimum Gasteiger partial charge on any atom is -0.367 e. The van der Waals surface area contributed by atoms with Crippen LogP contribution < -0.4 is 4.90 Å². The minimum absolute atomic E-state index is 0.187. The third-order valence-electron chi connectivity index (χ3n) is 8.40. The Morgan fingerprint density at radius 3 is 2.47 bits per heavy atom. The summed E-state index contributed by atoms with van der Waals surface area (Å²) in [5, 5.41) is 10.5. The molecular weight excluding hydrogens is 450 g/mol. The lowest BCUT2D eigenvalue weighted by molar-refractivity contribution is -0.130. The number of imide groups is 1. The van der Waals surface area contributed by atoms with E-state index in [4.69, 9.17) is 16.6 Å². The van der Waals surface area contributed by atoms with E-state index in [9.17, 15) is 9.59 Å². The Hall–Kier alpha value is -4.00. The van der Waals surface area contributed by atoms with E-state index in [0.29, 0.717) is 23.4 Å². The molecule has 3 fully saturated rings. The lowest BCUT2D eigenvalue weighted by Gasteiger charge is -2.31. The van der Waals surface area contributed by atoms with Crippen molar-refractivity contribution in [2.24, 2.45) is 11.8 Å². The van der Waals surface area contributed by atoms with Crippen LogP contribution in [0.5, 0.6) is 0 Å². The van der Waals surface area contributed by atoms with E-state index in [2.05, 4.69) is 10.9 Å². The average Bonchev–Trinajstić information content (AvgIpc) is 3.48. The number of hydrogen-bond donors (Lipinski definition) is 0. The zero-order valence-electron chi connectivity index (χ0n) is 20.0. The summed E-state index contributed by atoms with van der Waals surface area (Å²) in [6.45, 7) is 9.48. The number of ether oxygens (including phenoxy) is 1. The van der Waals surface area contributed by atoms with Crippen molar-refractivity contribution < 1.29 is 14.3 Å². The maximum absolute atomic E-state index is 14.0. The zero-order valence-corrected chi connectivity index (χ0v) is 20.0. The maximum atomic E-state index is 14.0. The predicted molar refractivity (Wildman–Crippen MR) is 135 cm³/mol. The van der Waals surface area contributed by atoms with Crippen molar-refractivity contribution in [3.8, 4) is 6.07 Å². The Labute approximate surface area is 209 Å². The first-order valence-electron chi connectivity index (χ1n) is 12.4. The molecule has 3 heterocycles. The lowest BCUT2D eigenvalue weighted by atomic mass is 9.67. The lowest BCUT2D eigenvalue weighted by Crippen LogP contribution is -2.42. The summed E-state index contributed by atoms with van der Waals surface area (Å²) in [7, 11) is 0. The van der Waals surface area contributed by atoms with Gasteiger partial charge in [-0.05, 0) is 73.6 Å². The Morgan fingerprint density at radius 1 is 1.03 bits per heavy atom. The molecule has 6 nitrogen and oxygen atoms in total. The van der Waals surface area contributed by atoms with Crippen molar-refractivity contribution in [2.45, 2.75) is 50.2 Å². The van der Waals surface area contributed by atoms with Crippen molar-refractivity contribution in [3.63, 3.8) is 0 Å². The van der Waals surface area contributed by atoms with Gasteiger partial charge in [-0.1, -0.05) is 42.5 Å². The Kier molecular flexibility index (Phi) is 5.00. The molecule has 4 atom stereocenters. The van der Waals surface area contributed by atoms with Gasteiger partial charge in [-0.15, -0.1) is 0 Å². The molecule has 0 aromatic heterocycles. The first-order chi connectivity index (χ1) is 17.4. The van der Waals surface area contributed by atoms with Crippen LogP contribution in [0.3, 0.4) is 0 Å². The molecule has 36 heavy (non-hydrogen) atoms. The summed E-state index contributed by atoms with van der Waals surface area (Å²) in [4.78, 5) is 32.8. The molecule has 3 saturated heterocycles. The largest absolute Gasteiger partial charge is 0.367 e. The Balaban J connectivity index is 1.31. The normalized spacial score (nSPS) is 28.4. The number of benzene rings is 3. The fourth-order valence-electron chi connectivity index (χ4n) is 6.75. The Morgan fingerprint density at radius 2 is 1.75 bits per heavy atom. The maximum Gasteiger partial charge on any atom is 0.240 e. The number of amides is 2. The minimum atomic E-state index is -0.646. The monoisotopic (exact) mass is 475 g/mol. The molecule has 0 N–H and O–H groups in total. The van der Waals surface area contributed by atoms with Crippen molar-refractivity contribution in [1.29, 1.82) is 5.26 Å². The number of fused-ring (bicyclic) bond motifs is 6. The number of anilines is 1. The number of nitrogens with zero attached hydrogens (tertiary/aromatic N) is 3. The van der Waals surface area contributed by atoms with Gasteiger partial charge in [-0.2, -0.15) is 5.26 Å². The highest BCUT2D eigenvalue weighted by Crippen LogP contribution is 2.63. The molecule has 2 bridgehead atoms. The molecule has 6 heteroatoms. The van der Waals surface area contributed by atoms with Gasteiger partial charge in [0.15, 0.2) is 5.69 Å². The van der Waals surface area contributed by atoms with Crippen LogP contribution >= 0.6 is 0 Å². The van der Waals surface area contributed by atoms with E-state index in [1.54, 1.807) is 12.1 Å². The smallest absolute Gasteiger partial charge is 0.240 e. The van der Waals surface area contributed by atoms with Crippen molar-refractivity contribution in [3.05, 3.63) is 83.2 Å². The topological polar surface area (TPSA) is 74.8 Å². The van der Waals surface area contributed by atoms with Gasteiger partial charge in [-0.3, -0.25) is 9.59 Å². The van der Waals surface area contributed by atoms with Crippen LogP contribution in [0.15, 0.2) is 60.7 Å². The molecule has 3 aromatic carbocycles. The number of hydrogen-bond acceptors (Lipinski definition) is 4. The van der Waals surface area contributed by atoms with Gasteiger partial charge in [0.1, 0.15) is 0 Å². The van der Waals surface area contributed by atoms with Crippen molar-refractivity contribution in [1.82, 2.24) is 0 Å². The van der Waals surface area contributed by atoms with Crippen molar-refractivity contribution >= 4 is 34.0 Å². The van der Waals surface area contributed by atoms with Crippen LogP contribution in [-0.4, -0.2) is 23.0 Å². The van der Waals surface area contributed by atoms with Crippen LogP contribution in [0.4, 0.5) is 11.4 Å². The van der Waals surface area contributed by atoms with Gasteiger partial charge >= 0.3 is 0 Å². The quantitative estimate of drug-likeness (QED) is 0.350. The van der Waals surface area contributed by atoms with Crippen LogP contribution in [0.2, 0.25) is 0 Å². The van der Waals surface area contributed by atoms with E-state index in [1.807, 2.05) is 55.5 Å². The van der Waals surface area contributed by atoms with Crippen molar-refractivity contribution in [2.75, 3.05) is 4.90 Å². The first-order valence-corrected chi connectivity index (χ1v) is 12.4. The number of carbonyl (C=O) groups excluding carboxylic acids is 2. The molecule has 3 aliphatic rings. The van der Waals surface area contributed by atoms with Gasteiger partial charge in [0, 0.05) is 0 Å². The molecule has 0 spiro atoms. The first kappa shape index (κ1) is 22.5. The number of rotatable bonds is 5. The van der Waals surface area contributed by atoms with Crippen LogP contribution in [0.1, 0.15) is 43.7 Å². The second-order valence-electron chi connectivity index (χ2n) is 10.4. The van der Waals surface area contributed by atoms with Gasteiger partial charge < -0.3 is 4.74 Å². The summed E-state index contributed by atoms with van der Waals surface area (Å²) in [5.74, 6) is -1.37. The SMILES string of the molecule is [C-]#[N+]c1ccc(N2C(=O)[C@@H]3[C@H](C2=O)C2(C)CCC3(CCCc3ccc(C#N)cc3)O2)c2ccccc12. The van der Waals surface area contributed by atoms with E-state index < -0.39 is 23.0 Å². The zero-order chi connectivity index (χ0) is 25.1. The van der Waals surface area contributed by atoms with Crippen LogP contribution in [-0.2, 0) is 20.7 Å². The molecule has 3 aromatic rings. The third-order valence-corrected chi connectivity index (χ3v) is 8.40. The summed E-state index contributed by atoms with van der Waals surface area (Å²) in [5.41, 5.74) is 1.55. The fourth-order valence-corrected chi connectivity index (χ4v) is 6.75. The van der Waals surface area contributed by atoms with Gasteiger partial charge in [0.25, 0.3) is 0 Å². The van der Waals surface area contributed by atoms with Gasteiger partial charge in [-0.25, -0.2) is 9.74 Å². The summed E-state index contributed by atoms with van der Waals surface area (Å²) in [6.07, 6.45) is 3.88. The summed E-state index contributed by atoms with van der Waals surface area (Å²) < 4.78 is 6.59. The highest BCUT2D eigenvalue weighted by atomic mass is 16.5. The van der Waals surface area contributed by atoms with Gasteiger partial charge in [0.2, 0.25) is 11.8 Å². The molecule has 3 aliphatic heterocycles. The van der Waals surface area contributed by atoms with Gasteiger partial charge in [0.05, 0.1) is 46.9 Å². The molecule has 0 radical (unpaired) electrons. The van der Waals surface area contributed by atoms with E-state index in [-0.39, 0.29) is 11.8 Å². The standard InChI is InChI=1S/C30H25N3O3/c1-29-16-17-30(36-29,15-5-6-19-9-11-20(18-31)12-10-19)26-25(29)27(34)33(28(26)35)24-14-13-23(32-2)21-7-3-4-8-22(21)24/h3-4,7-14,25-26H,5-6,15-17H2,1H3/t25-,26+,29?,30?/m1/s1. The van der Waals surface area contributed by atoms with E-state index in [0.717, 1.165) is 42.0 Å². The second-order valence-corrected chi connectivity index (χ2v) is 10.4. The molecule has 6 rings (SSSR count). The van der Waals surface area contributed by atoms with E-state index >= 15 is 0 Å². The molecule has 2 unspecified atom stereocenters. The molecule has 2 amide bonds. The Bertz CT molecular complexity index is 1500. The van der Waals surface area contributed by atoms with Crippen LogP contribution in [0.25, 0.3) is 15.6 Å². The number of nitriles is 1. The highest BCUT2D eigenvalue weighted by Gasteiger charge is 2.73. The highest BCUT2D eigenvalue weighted by molar-refractivity contribution is 6.26. The third kappa shape index (κ3) is 3.11. The fraction of sp³-hybridized carbons (Fsp3) is 0.333. The second kappa shape index (κ2) is 8.01. The number of aryl methyl sites for hydroxylation is 1. The number of carbonyl (C=O) groups is 2. The predicted octanol–water partition coefficient (Wildman–Crippen LogP) is 5.71.